The van der Waals surface area contributed by atoms with E-state index in [0.29, 0.717) is 23.1 Å². The highest BCUT2D eigenvalue weighted by Crippen LogP contribution is 2.27. The van der Waals surface area contributed by atoms with Crippen molar-refractivity contribution in [3.8, 4) is 11.5 Å². The summed E-state index contributed by atoms with van der Waals surface area (Å²) >= 11 is 0. The number of hydrogen-bond acceptors (Lipinski definition) is 4. The Hall–Kier alpha value is -2.04. The minimum Gasteiger partial charge on any atom is -0.497 e. The summed E-state index contributed by atoms with van der Waals surface area (Å²) in [6.45, 7) is 1.40. The van der Waals surface area contributed by atoms with Gasteiger partial charge in [-0.15, -0.1) is 0 Å². The highest BCUT2D eigenvalue weighted by molar-refractivity contribution is 5.97. The Balaban J connectivity index is 2.06. The van der Waals surface area contributed by atoms with Crippen LogP contribution in [-0.4, -0.2) is 43.4 Å². The lowest BCUT2D eigenvalue weighted by molar-refractivity contribution is -0.132. The zero-order valence-electron chi connectivity index (χ0n) is 12.0. The van der Waals surface area contributed by atoms with Crippen LogP contribution in [0.5, 0.6) is 11.5 Å². The maximum atomic E-state index is 11.9. The number of carbonyl (C=O) groups is 2. The Labute approximate surface area is 118 Å². The third kappa shape index (κ3) is 3.29. The lowest BCUT2D eigenvalue weighted by atomic mass is 10.1. The Kier molecular flexibility index (Phi) is 4.27. The van der Waals surface area contributed by atoms with Crippen LogP contribution in [0.25, 0.3) is 0 Å². The fraction of sp³-hybridized carbons (Fsp3) is 0.467. The van der Waals surface area contributed by atoms with Gasteiger partial charge in [-0.2, -0.15) is 0 Å². The van der Waals surface area contributed by atoms with Crippen molar-refractivity contribution in [3.63, 3.8) is 0 Å². The molecule has 0 aliphatic heterocycles. The Morgan fingerprint density at radius 2 is 2.05 bits per heavy atom. The van der Waals surface area contributed by atoms with E-state index >= 15 is 0 Å². The second-order valence-corrected chi connectivity index (χ2v) is 4.94. The monoisotopic (exact) mass is 277 g/mol. The van der Waals surface area contributed by atoms with E-state index in [2.05, 4.69) is 0 Å². The van der Waals surface area contributed by atoms with Gasteiger partial charge in [0.15, 0.2) is 12.4 Å². The number of ketones is 1. The van der Waals surface area contributed by atoms with Crippen LogP contribution < -0.4 is 9.47 Å². The molecule has 2 rings (SSSR count). The minimum atomic E-state index is -0.106. The highest BCUT2D eigenvalue weighted by Gasteiger charge is 2.29. The molecule has 1 saturated carbocycles. The zero-order valence-corrected chi connectivity index (χ0v) is 12.0. The van der Waals surface area contributed by atoms with Crippen LogP contribution in [0.4, 0.5) is 0 Å². The molecule has 20 heavy (non-hydrogen) atoms. The van der Waals surface area contributed by atoms with Crippen LogP contribution in [0.1, 0.15) is 30.1 Å². The van der Waals surface area contributed by atoms with E-state index in [1.165, 1.54) is 6.92 Å². The summed E-state index contributed by atoms with van der Waals surface area (Å²) in [4.78, 5) is 25.2. The number of nitrogens with zero attached hydrogens (tertiary/aromatic N) is 1. The molecule has 0 aromatic heterocycles. The van der Waals surface area contributed by atoms with E-state index in [4.69, 9.17) is 9.47 Å². The van der Waals surface area contributed by atoms with Crippen LogP contribution >= 0.6 is 0 Å². The molecular formula is C15H19NO4. The predicted octanol–water partition coefficient (Wildman–Crippen LogP) is 1.90. The van der Waals surface area contributed by atoms with Crippen molar-refractivity contribution in [3.05, 3.63) is 23.8 Å². The number of carbonyl (C=O) groups excluding carboxylic acids is 2. The van der Waals surface area contributed by atoms with Gasteiger partial charge in [-0.25, -0.2) is 0 Å². The molecule has 108 valence electrons. The first kappa shape index (κ1) is 14.4. The van der Waals surface area contributed by atoms with Gasteiger partial charge in [0, 0.05) is 19.2 Å². The van der Waals surface area contributed by atoms with E-state index in [0.717, 1.165) is 12.8 Å². The number of methoxy groups -OCH3 is 1. The third-order valence-corrected chi connectivity index (χ3v) is 3.41. The molecule has 1 aromatic carbocycles. The third-order valence-electron chi connectivity index (χ3n) is 3.41. The fourth-order valence-corrected chi connectivity index (χ4v) is 1.95. The van der Waals surface area contributed by atoms with Gasteiger partial charge in [0.25, 0.3) is 5.91 Å². The summed E-state index contributed by atoms with van der Waals surface area (Å²) in [6.07, 6.45) is 2.11. The standard InChI is InChI=1S/C15H19NO4/c1-10(17)13-7-6-12(19-3)8-14(13)20-9-15(18)16(2)11-4-5-11/h6-8,11H,4-5,9H2,1-3H3. The molecule has 1 aromatic rings. The van der Waals surface area contributed by atoms with Crippen molar-refractivity contribution in [1.82, 2.24) is 4.90 Å². The molecule has 1 amide bonds. The van der Waals surface area contributed by atoms with E-state index in [9.17, 15) is 9.59 Å². The summed E-state index contributed by atoms with van der Waals surface area (Å²) in [5.74, 6) is 0.790. The summed E-state index contributed by atoms with van der Waals surface area (Å²) in [5, 5.41) is 0. The number of amides is 1. The van der Waals surface area contributed by atoms with Gasteiger partial charge in [-0.3, -0.25) is 9.59 Å². The molecule has 1 fully saturated rings. The smallest absolute Gasteiger partial charge is 0.260 e. The van der Waals surface area contributed by atoms with Crippen molar-refractivity contribution in [2.45, 2.75) is 25.8 Å². The average molecular weight is 277 g/mol. The van der Waals surface area contributed by atoms with Crippen molar-refractivity contribution in [2.24, 2.45) is 0 Å². The summed E-state index contributed by atoms with van der Waals surface area (Å²) in [6, 6.07) is 5.32. The molecule has 0 N–H and O–H groups in total. The van der Waals surface area contributed by atoms with Gasteiger partial charge in [0.05, 0.1) is 12.7 Å². The number of Topliss-reactive ketones (excluding diaryl/α,β-unsaturated/α-hetero) is 1. The number of likely N-dealkylation sites (N-methyl/N-ethyl adjacent to an activating group) is 1. The second-order valence-electron chi connectivity index (χ2n) is 4.94. The molecule has 0 spiro atoms. The summed E-state index contributed by atoms with van der Waals surface area (Å²) in [7, 11) is 3.32. The van der Waals surface area contributed by atoms with Crippen LogP contribution in [0.3, 0.4) is 0 Å². The highest BCUT2D eigenvalue weighted by atomic mass is 16.5. The van der Waals surface area contributed by atoms with Gasteiger partial charge in [-0.05, 0) is 31.9 Å². The SMILES string of the molecule is COc1ccc(C(C)=O)c(OCC(=O)N(C)C2CC2)c1. The van der Waals surface area contributed by atoms with Crippen molar-refractivity contribution < 1.29 is 19.1 Å². The van der Waals surface area contributed by atoms with Crippen LogP contribution in [-0.2, 0) is 4.79 Å². The topological polar surface area (TPSA) is 55.8 Å². The molecule has 0 bridgehead atoms. The second kappa shape index (κ2) is 5.94. The molecule has 1 aliphatic carbocycles. The molecule has 0 atom stereocenters. The Morgan fingerprint density at radius 1 is 1.35 bits per heavy atom. The fourth-order valence-electron chi connectivity index (χ4n) is 1.95. The van der Waals surface area contributed by atoms with E-state index < -0.39 is 0 Å². The average Bonchev–Trinajstić information content (AvgIpc) is 3.27. The Morgan fingerprint density at radius 3 is 2.60 bits per heavy atom. The first-order chi connectivity index (χ1) is 9.52. The molecule has 5 heteroatoms. The van der Waals surface area contributed by atoms with Gasteiger partial charge in [-0.1, -0.05) is 0 Å². The maximum Gasteiger partial charge on any atom is 0.260 e. The maximum absolute atomic E-state index is 11.9. The van der Waals surface area contributed by atoms with E-state index in [1.807, 2.05) is 0 Å². The number of hydrogen-bond donors (Lipinski definition) is 0. The first-order valence-corrected chi connectivity index (χ1v) is 6.60. The molecule has 0 unspecified atom stereocenters. The quantitative estimate of drug-likeness (QED) is 0.745. The van der Waals surface area contributed by atoms with Crippen LogP contribution in [0.15, 0.2) is 18.2 Å². The Bertz CT molecular complexity index is 523. The van der Waals surface area contributed by atoms with Gasteiger partial charge in [0.1, 0.15) is 11.5 Å². The summed E-state index contributed by atoms with van der Waals surface area (Å²) in [5.41, 5.74) is 0.452. The van der Waals surface area contributed by atoms with Crippen LogP contribution in [0, 0.1) is 0 Å². The molecule has 5 nitrogen and oxygen atoms in total. The largest absolute Gasteiger partial charge is 0.497 e. The summed E-state index contributed by atoms with van der Waals surface area (Å²) < 4.78 is 10.6. The van der Waals surface area contributed by atoms with Crippen molar-refractivity contribution in [1.29, 1.82) is 0 Å². The lowest BCUT2D eigenvalue weighted by Gasteiger charge is -2.17. The minimum absolute atomic E-state index is 0.0690. The molecule has 1 aliphatic rings. The van der Waals surface area contributed by atoms with Gasteiger partial charge < -0.3 is 14.4 Å². The lowest BCUT2D eigenvalue weighted by Crippen LogP contribution is -2.33. The van der Waals surface area contributed by atoms with Gasteiger partial charge in [0.2, 0.25) is 0 Å². The van der Waals surface area contributed by atoms with E-state index in [1.54, 1.807) is 37.3 Å². The number of rotatable bonds is 6. The predicted molar refractivity (Wildman–Crippen MR) is 74.3 cm³/mol. The molecule has 0 heterocycles. The van der Waals surface area contributed by atoms with Crippen molar-refractivity contribution in [2.75, 3.05) is 20.8 Å². The normalized spacial score (nSPS) is 13.8. The number of benzene rings is 1. The van der Waals surface area contributed by atoms with E-state index in [-0.39, 0.29) is 18.3 Å². The zero-order chi connectivity index (χ0) is 14.7. The molecule has 0 radical (unpaired) electrons. The van der Waals surface area contributed by atoms with Crippen LogP contribution in [0.2, 0.25) is 0 Å². The molecule has 0 saturated heterocycles. The first-order valence-electron chi connectivity index (χ1n) is 6.60. The van der Waals surface area contributed by atoms with Crippen molar-refractivity contribution >= 4 is 11.7 Å². The number of ether oxygens (including phenoxy) is 2. The molecular weight excluding hydrogens is 258 g/mol. The van der Waals surface area contributed by atoms with Gasteiger partial charge >= 0.3 is 0 Å².